The van der Waals surface area contributed by atoms with E-state index in [1.54, 1.807) is 14.2 Å². The standard InChI is InChI=1S/C17H18FNO3/c1-21-15-4-3-5-16(22-2)14(15)10-11-17(20)19-13-8-6-12(18)7-9-13/h3-9H,10-11H2,1-2H3,(H,19,20). The molecule has 1 N–H and O–H groups in total. The molecular formula is C17H18FNO3. The molecule has 0 aliphatic carbocycles. The largest absolute Gasteiger partial charge is 0.496 e. The molecule has 1 amide bonds. The molecule has 2 rings (SSSR count). The minimum atomic E-state index is -0.336. The smallest absolute Gasteiger partial charge is 0.224 e. The lowest BCUT2D eigenvalue weighted by atomic mass is 10.1. The first-order valence-corrected chi connectivity index (χ1v) is 6.89. The van der Waals surface area contributed by atoms with E-state index < -0.39 is 0 Å². The number of hydrogen-bond acceptors (Lipinski definition) is 3. The van der Waals surface area contributed by atoms with Crippen molar-refractivity contribution in [3.05, 3.63) is 53.8 Å². The van der Waals surface area contributed by atoms with Crippen molar-refractivity contribution in [3.8, 4) is 11.5 Å². The minimum Gasteiger partial charge on any atom is -0.496 e. The number of hydrogen-bond donors (Lipinski definition) is 1. The number of benzene rings is 2. The lowest BCUT2D eigenvalue weighted by Gasteiger charge is -2.13. The molecule has 0 bridgehead atoms. The van der Waals surface area contributed by atoms with Crippen LogP contribution in [0, 0.1) is 5.82 Å². The van der Waals surface area contributed by atoms with Crippen LogP contribution in [0.1, 0.15) is 12.0 Å². The first-order chi connectivity index (χ1) is 10.6. The van der Waals surface area contributed by atoms with Gasteiger partial charge in [0.05, 0.1) is 14.2 Å². The zero-order valence-corrected chi connectivity index (χ0v) is 12.6. The number of carbonyl (C=O) groups excluding carboxylic acids is 1. The van der Waals surface area contributed by atoms with Crippen molar-refractivity contribution >= 4 is 11.6 Å². The number of rotatable bonds is 6. The van der Waals surface area contributed by atoms with E-state index in [0.29, 0.717) is 23.6 Å². The minimum absolute atomic E-state index is 0.153. The zero-order chi connectivity index (χ0) is 15.9. The molecule has 0 saturated heterocycles. The number of amides is 1. The lowest BCUT2D eigenvalue weighted by Crippen LogP contribution is -2.12. The molecule has 0 atom stereocenters. The Labute approximate surface area is 128 Å². The number of nitrogens with one attached hydrogen (secondary N) is 1. The second-order valence-electron chi connectivity index (χ2n) is 4.70. The van der Waals surface area contributed by atoms with E-state index >= 15 is 0 Å². The summed E-state index contributed by atoms with van der Waals surface area (Å²) in [5, 5.41) is 2.73. The number of carbonyl (C=O) groups is 1. The fourth-order valence-electron chi connectivity index (χ4n) is 2.17. The van der Waals surface area contributed by atoms with Crippen LogP contribution in [0.5, 0.6) is 11.5 Å². The van der Waals surface area contributed by atoms with Gasteiger partial charge in [-0.2, -0.15) is 0 Å². The predicted octanol–water partition coefficient (Wildman–Crippen LogP) is 3.41. The fourth-order valence-corrected chi connectivity index (χ4v) is 2.17. The van der Waals surface area contributed by atoms with Crippen molar-refractivity contribution in [2.75, 3.05) is 19.5 Å². The Morgan fingerprint density at radius 2 is 1.64 bits per heavy atom. The Morgan fingerprint density at radius 3 is 2.18 bits per heavy atom. The second kappa shape index (κ2) is 7.45. The summed E-state index contributed by atoms with van der Waals surface area (Å²) < 4.78 is 23.4. The number of ether oxygens (including phenoxy) is 2. The van der Waals surface area contributed by atoms with Crippen molar-refractivity contribution < 1.29 is 18.7 Å². The molecule has 0 aliphatic rings. The summed E-state index contributed by atoms with van der Waals surface area (Å²) in [4.78, 5) is 12.0. The van der Waals surface area contributed by atoms with Crippen LogP contribution in [0.25, 0.3) is 0 Å². The maximum absolute atomic E-state index is 12.8. The zero-order valence-electron chi connectivity index (χ0n) is 12.6. The van der Waals surface area contributed by atoms with Gasteiger partial charge in [-0.1, -0.05) is 6.07 Å². The first-order valence-electron chi connectivity index (χ1n) is 6.89. The van der Waals surface area contributed by atoms with Gasteiger partial charge in [0.2, 0.25) is 5.91 Å². The Hall–Kier alpha value is -2.56. The fraction of sp³-hybridized carbons (Fsp3) is 0.235. The van der Waals surface area contributed by atoms with Crippen LogP contribution < -0.4 is 14.8 Å². The van der Waals surface area contributed by atoms with Gasteiger partial charge in [-0.05, 0) is 42.8 Å². The molecule has 0 radical (unpaired) electrons. The maximum atomic E-state index is 12.8. The van der Waals surface area contributed by atoms with Crippen LogP contribution in [-0.2, 0) is 11.2 Å². The van der Waals surface area contributed by atoms with Gasteiger partial charge in [0.1, 0.15) is 17.3 Å². The summed E-state index contributed by atoms with van der Waals surface area (Å²) >= 11 is 0. The van der Waals surface area contributed by atoms with Crippen molar-refractivity contribution in [1.29, 1.82) is 0 Å². The summed E-state index contributed by atoms with van der Waals surface area (Å²) in [6.45, 7) is 0. The Balaban J connectivity index is 2.00. The molecule has 0 aromatic heterocycles. The van der Waals surface area contributed by atoms with Crippen molar-refractivity contribution in [3.63, 3.8) is 0 Å². The van der Waals surface area contributed by atoms with E-state index in [2.05, 4.69) is 5.32 Å². The average Bonchev–Trinajstić information content (AvgIpc) is 2.54. The molecular weight excluding hydrogens is 285 g/mol. The monoisotopic (exact) mass is 303 g/mol. The van der Waals surface area contributed by atoms with Gasteiger partial charge in [0.15, 0.2) is 0 Å². The SMILES string of the molecule is COc1cccc(OC)c1CCC(=O)Nc1ccc(F)cc1. The van der Waals surface area contributed by atoms with E-state index in [1.807, 2.05) is 18.2 Å². The van der Waals surface area contributed by atoms with Crippen LogP contribution in [0.2, 0.25) is 0 Å². The molecule has 0 saturated carbocycles. The molecule has 0 unspecified atom stereocenters. The van der Waals surface area contributed by atoms with Crippen molar-refractivity contribution in [2.24, 2.45) is 0 Å². The summed E-state index contributed by atoms with van der Waals surface area (Å²) in [5.41, 5.74) is 1.42. The average molecular weight is 303 g/mol. The molecule has 116 valence electrons. The van der Waals surface area contributed by atoms with Crippen molar-refractivity contribution in [1.82, 2.24) is 0 Å². The molecule has 2 aromatic rings. The first kappa shape index (κ1) is 15.8. The maximum Gasteiger partial charge on any atom is 0.224 e. The van der Waals surface area contributed by atoms with Crippen LogP contribution in [-0.4, -0.2) is 20.1 Å². The molecule has 0 fully saturated rings. The summed E-state index contributed by atoms with van der Waals surface area (Å²) in [7, 11) is 3.16. The summed E-state index contributed by atoms with van der Waals surface area (Å²) in [6.07, 6.45) is 0.758. The van der Waals surface area contributed by atoms with Crippen LogP contribution in [0.15, 0.2) is 42.5 Å². The number of anilines is 1. The molecule has 4 nitrogen and oxygen atoms in total. The molecule has 22 heavy (non-hydrogen) atoms. The van der Waals surface area contributed by atoms with Crippen LogP contribution in [0.3, 0.4) is 0 Å². The van der Waals surface area contributed by atoms with Crippen LogP contribution in [0.4, 0.5) is 10.1 Å². The quantitative estimate of drug-likeness (QED) is 0.889. The number of halogens is 1. The normalized spacial score (nSPS) is 10.1. The third kappa shape index (κ3) is 3.97. The lowest BCUT2D eigenvalue weighted by molar-refractivity contribution is -0.116. The van der Waals surface area contributed by atoms with Gasteiger partial charge in [-0.25, -0.2) is 4.39 Å². The molecule has 5 heteroatoms. The van der Waals surface area contributed by atoms with E-state index in [0.717, 1.165) is 5.56 Å². The van der Waals surface area contributed by atoms with Gasteiger partial charge in [0.25, 0.3) is 0 Å². The summed E-state index contributed by atoms with van der Waals surface area (Å²) in [5.74, 6) is 0.888. The molecule has 0 spiro atoms. The predicted molar refractivity (Wildman–Crippen MR) is 82.9 cm³/mol. The Bertz CT molecular complexity index is 619. The topological polar surface area (TPSA) is 47.6 Å². The van der Waals surface area contributed by atoms with Crippen LogP contribution >= 0.6 is 0 Å². The van der Waals surface area contributed by atoms with Gasteiger partial charge in [0, 0.05) is 17.7 Å². The Morgan fingerprint density at radius 1 is 1.05 bits per heavy atom. The molecule has 2 aromatic carbocycles. The van der Waals surface area contributed by atoms with Gasteiger partial charge in [-0.3, -0.25) is 4.79 Å². The highest BCUT2D eigenvalue weighted by Crippen LogP contribution is 2.29. The van der Waals surface area contributed by atoms with Gasteiger partial charge >= 0.3 is 0 Å². The van der Waals surface area contributed by atoms with E-state index in [-0.39, 0.29) is 18.1 Å². The second-order valence-corrected chi connectivity index (χ2v) is 4.70. The molecule has 0 heterocycles. The summed E-state index contributed by atoms with van der Waals surface area (Å²) in [6, 6.07) is 11.1. The van der Waals surface area contributed by atoms with E-state index in [9.17, 15) is 9.18 Å². The highest BCUT2D eigenvalue weighted by atomic mass is 19.1. The third-order valence-corrected chi connectivity index (χ3v) is 3.26. The van der Waals surface area contributed by atoms with E-state index in [1.165, 1.54) is 24.3 Å². The molecule has 0 aliphatic heterocycles. The van der Waals surface area contributed by atoms with Crippen molar-refractivity contribution in [2.45, 2.75) is 12.8 Å². The van der Waals surface area contributed by atoms with Gasteiger partial charge < -0.3 is 14.8 Å². The third-order valence-electron chi connectivity index (χ3n) is 3.26. The van der Waals surface area contributed by atoms with E-state index in [4.69, 9.17) is 9.47 Å². The highest BCUT2D eigenvalue weighted by Gasteiger charge is 2.12. The highest BCUT2D eigenvalue weighted by molar-refractivity contribution is 5.90. The number of methoxy groups -OCH3 is 2. The Kier molecular flexibility index (Phi) is 5.36. The van der Waals surface area contributed by atoms with Gasteiger partial charge in [-0.15, -0.1) is 0 Å².